The van der Waals surface area contributed by atoms with Gasteiger partial charge < -0.3 is 10.2 Å². The first-order valence-corrected chi connectivity index (χ1v) is 4.72. The molecule has 0 saturated carbocycles. The third kappa shape index (κ3) is 6.22. The molecule has 4 nitrogen and oxygen atoms in total. The van der Waals surface area contributed by atoms with E-state index in [4.69, 9.17) is 10.2 Å². The van der Waals surface area contributed by atoms with Crippen LogP contribution in [0.15, 0.2) is 11.6 Å². The molecule has 0 aromatic rings. The standard InChI is InChI=1S/C10H16O4/c1-2-3-4-5-6-8(10(13)14)7-9(11)12/h6H,2-5,7H2,1H3,(H,11,12)(H,13,14)/b8-6-. The Balaban J connectivity index is 4.06. The van der Waals surface area contributed by atoms with Gasteiger partial charge in [-0.2, -0.15) is 0 Å². The Hall–Kier alpha value is -1.32. The van der Waals surface area contributed by atoms with Gasteiger partial charge in [0.05, 0.1) is 6.42 Å². The van der Waals surface area contributed by atoms with E-state index in [1.165, 1.54) is 6.08 Å². The predicted molar refractivity (Wildman–Crippen MR) is 52.1 cm³/mol. The van der Waals surface area contributed by atoms with Crippen molar-refractivity contribution in [1.29, 1.82) is 0 Å². The Morgan fingerprint density at radius 2 is 1.86 bits per heavy atom. The van der Waals surface area contributed by atoms with Crippen LogP contribution in [0.5, 0.6) is 0 Å². The molecule has 0 rings (SSSR count). The molecule has 0 amide bonds. The van der Waals surface area contributed by atoms with Gasteiger partial charge in [-0.15, -0.1) is 0 Å². The highest BCUT2D eigenvalue weighted by Gasteiger charge is 2.10. The van der Waals surface area contributed by atoms with Crippen LogP contribution >= 0.6 is 0 Å². The van der Waals surface area contributed by atoms with Gasteiger partial charge in [-0.1, -0.05) is 25.8 Å². The molecule has 0 unspecified atom stereocenters. The molecule has 0 saturated heterocycles. The number of carboxylic acid groups (broad SMARTS) is 2. The summed E-state index contributed by atoms with van der Waals surface area (Å²) < 4.78 is 0. The topological polar surface area (TPSA) is 74.6 Å². The van der Waals surface area contributed by atoms with E-state index in [2.05, 4.69) is 6.92 Å². The van der Waals surface area contributed by atoms with Crippen LogP contribution < -0.4 is 0 Å². The summed E-state index contributed by atoms with van der Waals surface area (Å²) in [7, 11) is 0. The molecule has 0 aromatic heterocycles. The predicted octanol–water partition coefficient (Wildman–Crippen LogP) is 2.05. The molecule has 0 aromatic carbocycles. The lowest BCUT2D eigenvalue weighted by molar-refractivity contribution is -0.139. The zero-order valence-corrected chi connectivity index (χ0v) is 8.32. The zero-order valence-electron chi connectivity index (χ0n) is 8.32. The van der Waals surface area contributed by atoms with Crippen molar-refractivity contribution >= 4 is 11.9 Å². The van der Waals surface area contributed by atoms with Crippen molar-refractivity contribution in [3.05, 3.63) is 11.6 Å². The number of carbonyl (C=O) groups is 2. The Labute approximate surface area is 83.2 Å². The monoisotopic (exact) mass is 200 g/mol. The normalized spacial score (nSPS) is 11.4. The second kappa shape index (κ2) is 7.12. The maximum Gasteiger partial charge on any atom is 0.331 e. The molecule has 0 aliphatic rings. The maximum atomic E-state index is 10.6. The maximum absolute atomic E-state index is 10.6. The summed E-state index contributed by atoms with van der Waals surface area (Å²) in [5, 5.41) is 17.1. The molecule has 4 heteroatoms. The number of rotatable bonds is 7. The second-order valence-electron chi connectivity index (χ2n) is 3.10. The minimum atomic E-state index is -1.14. The van der Waals surface area contributed by atoms with E-state index in [0.29, 0.717) is 6.42 Å². The average Bonchev–Trinajstić information content (AvgIpc) is 2.09. The summed E-state index contributed by atoms with van der Waals surface area (Å²) in [6, 6.07) is 0. The summed E-state index contributed by atoms with van der Waals surface area (Å²) >= 11 is 0. The molecule has 0 aliphatic heterocycles. The molecule has 0 fully saturated rings. The molecule has 0 bridgehead atoms. The van der Waals surface area contributed by atoms with E-state index in [1.807, 2.05) is 0 Å². The molecular formula is C10H16O4. The van der Waals surface area contributed by atoms with Gasteiger partial charge in [0, 0.05) is 5.57 Å². The van der Waals surface area contributed by atoms with Gasteiger partial charge in [0.2, 0.25) is 0 Å². The summed E-state index contributed by atoms with van der Waals surface area (Å²) in [6.07, 6.45) is 4.76. The van der Waals surface area contributed by atoms with Crippen molar-refractivity contribution in [3.8, 4) is 0 Å². The molecule has 0 heterocycles. The van der Waals surface area contributed by atoms with E-state index in [-0.39, 0.29) is 5.57 Å². The van der Waals surface area contributed by atoms with E-state index in [0.717, 1.165) is 19.3 Å². The lowest BCUT2D eigenvalue weighted by atomic mass is 10.1. The largest absolute Gasteiger partial charge is 0.481 e. The van der Waals surface area contributed by atoms with Crippen molar-refractivity contribution in [3.63, 3.8) is 0 Å². The highest BCUT2D eigenvalue weighted by Crippen LogP contribution is 2.07. The van der Waals surface area contributed by atoms with Crippen LogP contribution in [0.4, 0.5) is 0 Å². The van der Waals surface area contributed by atoms with Crippen LogP contribution in [0.25, 0.3) is 0 Å². The van der Waals surface area contributed by atoms with Crippen LogP contribution in [0.2, 0.25) is 0 Å². The Morgan fingerprint density at radius 3 is 2.29 bits per heavy atom. The van der Waals surface area contributed by atoms with E-state index >= 15 is 0 Å². The minimum absolute atomic E-state index is 0.0198. The highest BCUT2D eigenvalue weighted by molar-refractivity contribution is 5.91. The van der Waals surface area contributed by atoms with Gasteiger partial charge in [-0.05, 0) is 12.8 Å². The number of unbranched alkanes of at least 4 members (excludes halogenated alkanes) is 3. The third-order valence-electron chi connectivity index (χ3n) is 1.81. The van der Waals surface area contributed by atoms with E-state index < -0.39 is 18.4 Å². The van der Waals surface area contributed by atoms with E-state index in [1.54, 1.807) is 0 Å². The SMILES string of the molecule is CCCCC/C=C(/CC(=O)O)C(=O)O. The summed E-state index contributed by atoms with van der Waals surface area (Å²) in [4.78, 5) is 20.9. The van der Waals surface area contributed by atoms with E-state index in [9.17, 15) is 9.59 Å². The summed E-state index contributed by atoms with van der Waals surface area (Å²) in [5.41, 5.74) is -0.0198. The van der Waals surface area contributed by atoms with Gasteiger partial charge in [-0.3, -0.25) is 4.79 Å². The smallest absolute Gasteiger partial charge is 0.331 e. The quantitative estimate of drug-likeness (QED) is 0.487. The number of hydrogen-bond acceptors (Lipinski definition) is 2. The van der Waals surface area contributed by atoms with Crippen LogP contribution in [0, 0.1) is 0 Å². The van der Waals surface area contributed by atoms with Crippen molar-refractivity contribution in [2.45, 2.75) is 39.0 Å². The molecular weight excluding hydrogens is 184 g/mol. The van der Waals surface area contributed by atoms with Gasteiger partial charge in [0.1, 0.15) is 0 Å². The molecule has 0 atom stereocenters. The highest BCUT2D eigenvalue weighted by atomic mass is 16.4. The fourth-order valence-electron chi connectivity index (χ4n) is 1.07. The summed E-state index contributed by atoms with van der Waals surface area (Å²) in [6.45, 7) is 2.05. The van der Waals surface area contributed by atoms with Crippen LogP contribution in [0.1, 0.15) is 39.0 Å². The molecule has 2 N–H and O–H groups in total. The van der Waals surface area contributed by atoms with Crippen LogP contribution in [-0.2, 0) is 9.59 Å². The first kappa shape index (κ1) is 12.7. The average molecular weight is 200 g/mol. The van der Waals surface area contributed by atoms with Gasteiger partial charge >= 0.3 is 11.9 Å². The fraction of sp³-hybridized carbons (Fsp3) is 0.600. The molecule has 0 spiro atoms. The lowest BCUT2D eigenvalue weighted by Gasteiger charge is -1.98. The van der Waals surface area contributed by atoms with Gasteiger partial charge in [-0.25, -0.2) is 4.79 Å². The molecule has 0 radical (unpaired) electrons. The zero-order chi connectivity index (χ0) is 11.0. The number of allylic oxidation sites excluding steroid dienone is 1. The second-order valence-corrected chi connectivity index (χ2v) is 3.10. The lowest BCUT2D eigenvalue weighted by Crippen LogP contribution is -2.06. The Kier molecular flexibility index (Phi) is 6.45. The van der Waals surface area contributed by atoms with Crippen molar-refractivity contribution in [2.24, 2.45) is 0 Å². The molecule has 80 valence electrons. The number of carboxylic acids is 2. The van der Waals surface area contributed by atoms with Crippen LogP contribution in [0.3, 0.4) is 0 Å². The third-order valence-corrected chi connectivity index (χ3v) is 1.81. The minimum Gasteiger partial charge on any atom is -0.481 e. The van der Waals surface area contributed by atoms with Gasteiger partial charge in [0.25, 0.3) is 0 Å². The Bertz CT molecular complexity index is 230. The van der Waals surface area contributed by atoms with Crippen LogP contribution in [-0.4, -0.2) is 22.2 Å². The molecule has 14 heavy (non-hydrogen) atoms. The first-order valence-electron chi connectivity index (χ1n) is 4.72. The number of aliphatic carboxylic acids is 2. The summed E-state index contributed by atoms with van der Waals surface area (Å²) in [5.74, 6) is -2.24. The van der Waals surface area contributed by atoms with Crippen molar-refractivity contribution in [1.82, 2.24) is 0 Å². The first-order chi connectivity index (χ1) is 6.57. The van der Waals surface area contributed by atoms with Crippen molar-refractivity contribution in [2.75, 3.05) is 0 Å². The Morgan fingerprint density at radius 1 is 1.21 bits per heavy atom. The van der Waals surface area contributed by atoms with Gasteiger partial charge in [0.15, 0.2) is 0 Å². The van der Waals surface area contributed by atoms with Crippen molar-refractivity contribution < 1.29 is 19.8 Å². The molecule has 0 aliphatic carbocycles. The fourth-order valence-corrected chi connectivity index (χ4v) is 1.07. The number of hydrogen-bond donors (Lipinski definition) is 2.